The average molecular weight is 309 g/mol. The zero-order valence-corrected chi connectivity index (χ0v) is 11.9. The van der Waals surface area contributed by atoms with E-state index in [1.165, 1.54) is 23.7 Å². The Balaban J connectivity index is 1.87. The fourth-order valence-electron chi connectivity index (χ4n) is 1.88. The van der Waals surface area contributed by atoms with Gasteiger partial charge in [0.15, 0.2) is 0 Å². The van der Waals surface area contributed by atoms with E-state index < -0.39 is 0 Å². The van der Waals surface area contributed by atoms with E-state index in [4.69, 9.17) is 11.6 Å². The Labute approximate surface area is 123 Å². The van der Waals surface area contributed by atoms with Crippen molar-refractivity contribution in [2.75, 3.05) is 0 Å². The Morgan fingerprint density at radius 2 is 2.20 bits per heavy atom. The molecule has 3 aromatic rings. The SMILES string of the molecule is Fc1cccc(Cl)c1Cn1ncnc1Cc1cscn1. The van der Waals surface area contributed by atoms with Crippen LogP contribution in [0.1, 0.15) is 17.1 Å². The molecule has 0 unspecified atom stereocenters. The first kappa shape index (κ1) is 13.2. The molecule has 0 spiro atoms. The van der Waals surface area contributed by atoms with Crippen LogP contribution in [0.15, 0.2) is 35.4 Å². The standard InChI is InChI=1S/C13H10ClFN4S/c14-11-2-1-3-12(15)10(11)5-19-13(16-7-18-19)4-9-6-20-8-17-9/h1-3,6-8H,4-5H2. The molecule has 0 aliphatic heterocycles. The van der Waals surface area contributed by atoms with Crippen molar-refractivity contribution in [2.45, 2.75) is 13.0 Å². The first-order valence-corrected chi connectivity index (χ1v) is 7.23. The predicted molar refractivity (Wildman–Crippen MR) is 75.5 cm³/mol. The molecule has 0 fully saturated rings. The Morgan fingerprint density at radius 3 is 2.95 bits per heavy atom. The lowest BCUT2D eigenvalue weighted by atomic mass is 10.2. The van der Waals surface area contributed by atoms with E-state index in [2.05, 4.69) is 15.1 Å². The van der Waals surface area contributed by atoms with Crippen LogP contribution in [0, 0.1) is 5.82 Å². The van der Waals surface area contributed by atoms with Crippen LogP contribution in [0.5, 0.6) is 0 Å². The van der Waals surface area contributed by atoms with Gasteiger partial charge in [-0.05, 0) is 12.1 Å². The third-order valence-corrected chi connectivity index (χ3v) is 3.88. The molecular weight excluding hydrogens is 299 g/mol. The fourth-order valence-corrected chi connectivity index (χ4v) is 2.66. The molecule has 2 heterocycles. The van der Waals surface area contributed by atoms with Gasteiger partial charge in [-0.3, -0.25) is 0 Å². The van der Waals surface area contributed by atoms with E-state index in [-0.39, 0.29) is 12.4 Å². The molecule has 0 aliphatic carbocycles. The number of nitrogens with zero attached hydrogens (tertiary/aromatic N) is 4. The van der Waals surface area contributed by atoms with Gasteiger partial charge in [-0.1, -0.05) is 17.7 Å². The maximum Gasteiger partial charge on any atom is 0.138 e. The lowest BCUT2D eigenvalue weighted by molar-refractivity contribution is 0.575. The average Bonchev–Trinajstić information content (AvgIpc) is 3.07. The molecule has 0 amide bonds. The van der Waals surface area contributed by atoms with Crippen LogP contribution in [-0.4, -0.2) is 19.7 Å². The second-order valence-corrected chi connectivity index (χ2v) is 5.32. The maximum absolute atomic E-state index is 13.8. The van der Waals surface area contributed by atoms with Gasteiger partial charge in [0.1, 0.15) is 18.0 Å². The number of hydrogen-bond donors (Lipinski definition) is 0. The molecule has 102 valence electrons. The summed E-state index contributed by atoms with van der Waals surface area (Å²) in [5.74, 6) is 0.392. The van der Waals surface area contributed by atoms with Crippen molar-refractivity contribution in [1.82, 2.24) is 19.7 Å². The first-order chi connectivity index (χ1) is 9.74. The van der Waals surface area contributed by atoms with Gasteiger partial charge < -0.3 is 0 Å². The molecule has 0 saturated heterocycles. The van der Waals surface area contributed by atoms with Crippen LogP contribution in [0.25, 0.3) is 0 Å². The molecule has 0 atom stereocenters. The Kier molecular flexibility index (Phi) is 3.75. The van der Waals surface area contributed by atoms with Crippen molar-refractivity contribution < 1.29 is 4.39 Å². The van der Waals surface area contributed by atoms with Crippen molar-refractivity contribution in [2.24, 2.45) is 0 Å². The van der Waals surface area contributed by atoms with Crippen LogP contribution in [0.2, 0.25) is 5.02 Å². The lowest BCUT2D eigenvalue weighted by Crippen LogP contribution is -2.09. The molecule has 1 aromatic carbocycles. The van der Waals surface area contributed by atoms with Crippen LogP contribution in [0.3, 0.4) is 0 Å². The van der Waals surface area contributed by atoms with Crippen LogP contribution < -0.4 is 0 Å². The largest absolute Gasteiger partial charge is 0.249 e. The minimum Gasteiger partial charge on any atom is -0.249 e. The van der Waals surface area contributed by atoms with E-state index in [9.17, 15) is 4.39 Å². The number of thiazole rings is 1. The normalized spacial score (nSPS) is 10.9. The second kappa shape index (κ2) is 5.68. The lowest BCUT2D eigenvalue weighted by Gasteiger charge is -2.08. The highest BCUT2D eigenvalue weighted by molar-refractivity contribution is 7.07. The number of hydrogen-bond acceptors (Lipinski definition) is 4. The molecule has 7 heteroatoms. The fraction of sp³-hybridized carbons (Fsp3) is 0.154. The van der Waals surface area contributed by atoms with Gasteiger partial charge in [0.2, 0.25) is 0 Å². The summed E-state index contributed by atoms with van der Waals surface area (Å²) in [5, 5.41) is 6.47. The van der Waals surface area contributed by atoms with Gasteiger partial charge in [0.05, 0.1) is 24.2 Å². The molecule has 20 heavy (non-hydrogen) atoms. The molecule has 4 nitrogen and oxygen atoms in total. The monoisotopic (exact) mass is 308 g/mol. The molecule has 0 saturated carbocycles. The number of rotatable bonds is 4. The highest BCUT2D eigenvalue weighted by Gasteiger charge is 2.12. The van der Waals surface area contributed by atoms with Crippen LogP contribution in [-0.2, 0) is 13.0 Å². The van der Waals surface area contributed by atoms with Crippen LogP contribution in [0.4, 0.5) is 4.39 Å². The van der Waals surface area contributed by atoms with Gasteiger partial charge >= 0.3 is 0 Å². The number of halogens is 2. The third-order valence-electron chi connectivity index (χ3n) is 2.89. The van der Waals surface area contributed by atoms with E-state index in [1.807, 2.05) is 5.38 Å². The van der Waals surface area contributed by atoms with Crippen LogP contribution >= 0.6 is 22.9 Å². The van der Waals surface area contributed by atoms with E-state index in [1.54, 1.807) is 22.3 Å². The summed E-state index contributed by atoms with van der Waals surface area (Å²) in [6.45, 7) is 0.255. The summed E-state index contributed by atoms with van der Waals surface area (Å²) < 4.78 is 15.4. The summed E-state index contributed by atoms with van der Waals surface area (Å²) in [5.41, 5.74) is 3.10. The van der Waals surface area contributed by atoms with Gasteiger partial charge in [0, 0.05) is 16.0 Å². The zero-order valence-electron chi connectivity index (χ0n) is 10.3. The van der Waals surface area contributed by atoms with Gasteiger partial charge in [0.25, 0.3) is 0 Å². The van der Waals surface area contributed by atoms with Crippen molar-refractivity contribution in [3.8, 4) is 0 Å². The second-order valence-electron chi connectivity index (χ2n) is 4.19. The van der Waals surface area contributed by atoms with Gasteiger partial charge in [-0.15, -0.1) is 11.3 Å². The summed E-state index contributed by atoms with van der Waals surface area (Å²) in [4.78, 5) is 8.41. The molecule has 0 aliphatic rings. The summed E-state index contributed by atoms with van der Waals surface area (Å²) in [6, 6.07) is 4.63. The summed E-state index contributed by atoms with van der Waals surface area (Å²) in [6.07, 6.45) is 2.02. The van der Waals surface area contributed by atoms with Crippen molar-refractivity contribution in [3.05, 3.63) is 63.3 Å². The van der Waals surface area contributed by atoms with Gasteiger partial charge in [-0.2, -0.15) is 5.10 Å². The quantitative estimate of drug-likeness (QED) is 0.743. The predicted octanol–water partition coefficient (Wildman–Crippen LogP) is 3.17. The zero-order chi connectivity index (χ0) is 13.9. The number of aromatic nitrogens is 4. The smallest absolute Gasteiger partial charge is 0.138 e. The highest BCUT2D eigenvalue weighted by atomic mass is 35.5. The highest BCUT2D eigenvalue weighted by Crippen LogP contribution is 2.20. The van der Waals surface area contributed by atoms with Gasteiger partial charge in [-0.25, -0.2) is 19.0 Å². The summed E-state index contributed by atoms with van der Waals surface area (Å²) in [7, 11) is 0. The topological polar surface area (TPSA) is 43.6 Å². The Morgan fingerprint density at radius 1 is 1.30 bits per heavy atom. The molecule has 3 rings (SSSR count). The van der Waals surface area contributed by atoms with E-state index in [0.29, 0.717) is 17.0 Å². The minimum atomic E-state index is -0.340. The molecule has 0 N–H and O–H groups in total. The maximum atomic E-state index is 13.8. The first-order valence-electron chi connectivity index (χ1n) is 5.90. The molecule has 2 aromatic heterocycles. The van der Waals surface area contributed by atoms with Crippen molar-refractivity contribution in [3.63, 3.8) is 0 Å². The van der Waals surface area contributed by atoms with E-state index >= 15 is 0 Å². The molecule has 0 bridgehead atoms. The minimum absolute atomic E-state index is 0.255. The van der Waals surface area contributed by atoms with Crippen molar-refractivity contribution in [1.29, 1.82) is 0 Å². The third kappa shape index (κ3) is 2.71. The van der Waals surface area contributed by atoms with E-state index in [0.717, 1.165) is 11.5 Å². The molecule has 0 radical (unpaired) electrons. The number of benzene rings is 1. The summed E-state index contributed by atoms with van der Waals surface area (Å²) >= 11 is 7.56. The Bertz CT molecular complexity index is 691. The van der Waals surface area contributed by atoms with Crippen molar-refractivity contribution >= 4 is 22.9 Å². The Hall–Kier alpha value is -1.79. The molecular formula is C13H10ClFN4S.